The molecule has 3 heterocycles. The molecule has 0 fully saturated rings. The number of aromatic amines is 1. The van der Waals surface area contributed by atoms with E-state index in [-0.39, 0.29) is 17.0 Å². The first-order chi connectivity index (χ1) is 12.1. The molecule has 0 saturated heterocycles. The standard InChI is InChI=1S/C16H12N6O3/c23-14-12-13(21(9-17-12)7-10-4-2-1-3-5-10)19-16(20-14)22-8-11(6-18-22)15(24)25/h1-6,8-9H,7H2,(H,24,25)(H,19,20,23). The van der Waals surface area contributed by atoms with Gasteiger partial charge in [0.15, 0.2) is 11.2 Å². The fourth-order valence-corrected chi connectivity index (χ4v) is 2.50. The van der Waals surface area contributed by atoms with Gasteiger partial charge in [-0.1, -0.05) is 30.3 Å². The number of nitrogens with one attached hydrogen (secondary N) is 1. The van der Waals surface area contributed by atoms with Crippen LogP contribution in [0.5, 0.6) is 0 Å². The summed E-state index contributed by atoms with van der Waals surface area (Å²) >= 11 is 0. The van der Waals surface area contributed by atoms with Crippen molar-refractivity contribution >= 4 is 17.1 Å². The van der Waals surface area contributed by atoms with Gasteiger partial charge in [-0.05, 0) is 5.56 Å². The average Bonchev–Trinajstić information content (AvgIpc) is 3.24. The Morgan fingerprint density at radius 1 is 1.24 bits per heavy atom. The number of H-pyrrole nitrogens is 1. The molecular weight excluding hydrogens is 324 g/mol. The van der Waals surface area contributed by atoms with Gasteiger partial charge in [-0.3, -0.25) is 9.78 Å². The van der Waals surface area contributed by atoms with Crippen LogP contribution in [0.15, 0.2) is 53.8 Å². The molecule has 2 N–H and O–H groups in total. The molecule has 0 atom stereocenters. The molecule has 0 saturated carbocycles. The molecule has 4 aromatic rings. The van der Waals surface area contributed by atoms with Crippen LogP contribution in [0, 0.1) is 0 Å². The van der Waals surface area contributed by atoms with Gasteiger partial charge < -0.3 is 9.67 Å². The number of aromatic carboxylic acids is 1. The molecule has 0 radical (unpaired) electrons. The van der Waals surface area contributed by atoms with Crippen molar-refractivity contribution in [3.63, 3.8) is 0 Å². The second-order valence-electron chi connectivity index (χ2n) is 5.40. The topological polar surface area (TPSA) is 119 Å². The predicted octanol–water partition coefficient (Wildman–Crippen LogP) is 1.05. The Bertz CT molecular complexity index is 1130. The van der Waals surface area contributed by atoms with Crippen molar-refractivity contribution in [2.45, 2.75) is 6.54 Å². The van der Waals surface area contributed by atoms with Gasteiger partial charge in [0.2, 0.25) is 5.95 Å². The van der Waals surface area contributed by atoms with Crippen molar-refractivity contribution in [3.8, 4) is 5.95 Å². The molecule has 0 aliphatic carbocycles. The van der Waals surface area contributed by atoms with E-state index in [0.717, 1.165) is 5.56 Å². The minimum Gasteiger partial charge on any atom is -0.478 e. The summed E-state index contributed by atoms with van der Waals surface area (Å²) in [4.78, 5) is 34.3. The van der Waals surface area contributed by atoms with E-state index in [9.17, 15) is 9.59 Å². The van der Waals surface area contributed by atoms with Gasteiger partial charge in [0.1, 0.15) is 0 Å². The summed E-state index contributed by atoms with van der Waals surface area (Å²) in [5, 5.41) is 12.9. The Morgan fingerprint density at radius 3 is 2.76 bits per heavy atom. The number of imidazole rings is 1. The van der Waals surface area contributed by atoms with E-state index >= 15 is 0 Å². The van der Waals surface area contributed by atoms with Crippen LogP contribution >= 0.6 is 0 Å². The fraction of sp³-hybridized carbons (Fsp3) is 0.0625. The Kier molecular flexibility index (Phi) is 3.38. The zero-order chi connectivity index (χ0) is 17.4. The van der Waals surface area contributed by atoms with E-state index in [1.54, 1.807) is 10.9 Å². The first kappa shape index (κ1) is 14.8. The molecule has 4 rings (SSSR count). The van der Waals surface area contributed by atoms with Gasteiger partial charge in [0.05, 0.1) is 24.6 Å². The van der Waals surface area contributed by atoms with Gasteiger partial charge in [0, 0.05) is 6.20 Å². The summed E-state index contributed by atoms with van der Waals surface area (Å²) in [6.45, 7) is 0.507. The Labute approximate surface area is 140 Å². The summed E-state index contributed by atoms with van der Waals surface area (Å²) in [6.07, 6.45) is 4.02. The molecule has 0 spiro atoms. The molecule has 3 aromatic heterocycles. The molecule has 124 valence electrons. The smallest absolute Gasteiger partial charge is 0.338 e. The number of nitrogens with zero attached hydrogens (tertiary/aromatic N) is 5. The van der Waals surface area contributed by atoms with Gasteiger partial charge in [-0.2, -0.15) is 10.1 Å². The number of hydrogen-bond acceptors (Lipinski definition) is 5. The van der Waals surface area contributed by atoms with Gasteiger partial charge in [-0.25, -0.2) is 14.5 Å². The second kappa shape index (κ2) is 5.71. The van der Waals surface area contributed by atoms with E-state index in [1.165, 1.54) is 17.1 Å². The molecule has 9 nitrogen and oxygen atoms in total. The molecule has 0 unspecified atom stereocenters. The van der Waals surface area contributed by atoms with Crippen LogP contribution in [0.2, 0.25) is 0 Å². The molecule has 0 amide bonds. The van der Waals surface area contributed by atoms with Gasteiger partial charge in [0.25, 0.3) is 5.56 Å². The van der Waals surface area contributed by atoms with E-state index in [1.807, 2.05) is 30.3 Å². The lowest BCUT2D eigenvalue weighted by Crippen LogP contribution is -2.15. The van der Waals surface area contributed by atoms with E-state index in [4.69, 9.17) is 5.11 Å². The van der Waals surface area contributed by atoms with Crippen molar-refractivity contribution in [1.82, 2.24) is 29.3 Å². The van der Waals surface area contributed by atoms with Gasteiger partial charge in [-0.15, -0.1) is 0 Å². The first-order valence-corrected chi connectivity index (χ1v) is 7.39. The summed E-state index contributed by atoms with van der Waals surface area (Å²) < 4.78 is 2.97. The van der Waals surface area contributed by atoms with E-state index in [0.29, 0.717) is 12.2 Å². The number of rotatable bonds is 4. The Balaban J connectivity index is 1.81. The summed E-state index contributed by atoms with van der Waals surface area (Å²) in [5.74, 6) is -0.983. The number of fused-ring (bicyclic) bond motifs is 1. The highest BCUT2D eigenvalue weighted by atomic mass is 16.4. The number of carbonyl (C=O) groups is 1. The van der Waals surface area contributed by atoms with Crippen molar-refractivity contribution < 1.29 is 9.90 Å². The van der Waals surface area contributed by atoms with Crippen LogP contribution in [0.3, 0.4) is 0 Å². The monoisotopic (exact) mass is 336 g/mol. The fourth-order valence-electron chi connectivity index (χ4n) is 2.50. The van der Waals surface area contributed by atoms with Crippen molar-refractivity contribution in [2.24, 2.45) is 0 Å². The summed E-state index contributed by atoms with van der Waals surface area (Å²) in [5.41, 5.74) is 1.23. The third-order valence-corrected chi connectivity index (χ3v) is 3.70. The molecular formula is C16H12N6O3. The third kappa shape index (κ3) is 2.67. The lowest BCUT2D eigenvalue weighted by molar-refractivity contribution is 0.0697. The molecule has 0 aliphatic heterocycles. The van der Waals surface area contributed by atoms with Crippen molar-refractivity contribution in [3.05, 3.63) is 70.5 Å². The summed E-state index contributed by atoms with van der Waals surface area (Å²) in [6, 6.07) is 9.71. The number of hydrogen-bond donors (Lipinski definition) is 2. The maximum atomic E-state index is 12.3. The highest BCUT2D eigenvalue weighted by Crippen LogP contribution is 2.11. The number of aromatic nitrogens is 6. The lowest BCUT2D eigenvalue weighted by atomic mass is 10.2. The minimum absolute atomic E-state index is 0.000499. The quantitative estimate of drug-likeness (QED) is 0.575. The zero-order valence-corrected chi connectivity index (χ0v) is 12.8. The average molecular weight is 336 g/mol. The second-order valence-corrected chi connectivity index (χ2v) is 5.40. The van der Waals surface area contributed by atoms with Crippen LogP contribution in [0.25, 0.3) is 17.1 Å². The maximum absolute atomic E-state index is 12.3. The Morgan fingerprint density at radius 2 is 2.04 bits per heavy atom. The first-order valence-electron chi connectivity index (χ1n) is 7.39. The molecule has 1 aromatic carbocycles. The van der Waals surface area contributed by atoms with Crippen LogP contribution in [-0.2, 0) is 6.54 Å². The van der Waals surface area contributed by atoms with Crippen LogP contribution in [0.4, 0.5) is 0 Å². The molecule has 9 heteroatoms. The Hall–Kier alpha value is -3.75. The van der Waals surface area contributed by atoms with E-state index in [2.05, 4.69) is 20.1 Å². The third-order valence-electron chi connectivity index (χ3n) is 3.70. The number of carboxylic acids is 1. The van der Waals surface area contributed by atoms with Crippen molar-refractivity contribution in [1.29, 1.82) is 0 Å². The molecule has 0 aliphatic rings. The van der Waals surface area contributed by atoms with Gasteiger partial charge >= 0.3 is 5.97 Å². The van der Waals surface area contributed by atoms with Crippen molar-refractivity contribution in [2.75, 3.05) is 0 Å². The number of carboxylic acid groups (broad SMARTS) is 1. The highest BCUT2D eigenvalue weighted by molar-refractivity contribution is 5.86. The molecule has 0 bridgehead atoms. The predicted molar refractivity (Wildman–Crippen MR) is 87.8 cm³/mol. The maximum Gasteiger partial charge on any atom is 0.338 e. The van der Waals surface area contributed by atoms with Crippen LogP contribution in [0.1, 0.15) is 15.9 Å². The lowest BCUT2D eigenvalue weighted by Gasteiger charge is -2.05. The highest BCUT2D eigenvalue weighted by Gasteiger charge is 2.14. The minimum atomic E-state index is -1.11. The van der Waals surface area contributed by atoms with Crippen LogP contribution < -0.4 is 5.56 Å². The molecule has 25 heavy (non-hydrogen) atoms. The van der Waals surface area contributed by atoms with Crippen LogP contribution in [-0.4, -0.2) is 40.4 Å². The summed E-state index contributed by atoms with van der Waals surface area (Å²) in [7, 11) is 0. The largest absolute Gasteiger partial charge is 0.478 e. The SMILES string of the molecule is O=C(O)c1cnn(-c2nc3c(ncn3Cc3ccccc3)c(=O)[nH]2)c1. The number of benzene rings is 1. The zero-order valence-electron chi connectivity index (χ0n) is 12.8. The normalized spacial score (nSPS) is 11.0. The van der Waals surface area contributed by atoms with E-state index < -0.39 is 11.5 Å².